The molecule has 0 amide bonds. The minimum absolute atomic E-state index is 0.0980. The van der Waals surface area contributed by atoms with Crippen molar-refractivity contribution in [3.8, 4) is 5.75 Å². The Bertz CT molecular complexity index is 1030. The van der Waals surface area contributed by atoms with Crippen LogP contribution in [0.4, 0.5) is 0 Å². The monoisotopic (exact) mass is 392 g/mol. The minimum atomic E-state index is -0.579. The highest BCUT2D eigenvalue weighted by atomic mass is 35.5. The Morgan fingerprint density at radius 3 is 2.73 bits per heavy atom. The number of rotatable bonds is 5. The molecule has 0 aliphatic heterocycles. The number of aryl methyl sites for hydroxylation is 1. The zero-order valence-electron chi connectivity index (χ0n) is 13.8. The highest BCUT2D eigenvalue weighted by Crippen LogP contribution is 2.25. The summed E-state index contributed by atoms with van der Waals surface area (Å²) in [5.74, 6) is -0.118. The van der Waals surface area contributed by atoms with Crippen LogP contribution < -0.4 is 10.4 Å². The van der Waals surface area contributed by atoms with Crippen LogP contribution in [0.25, 0.3) is 11.0 Å². The summed E-state index contributed by atoms with van der Waals surface area (Å²) in [4.78, 5) is 23.6. The summed E-state index contributed by atoms with van der Waals surface area (Å²) in [7, 11) is 0. The van der Waals surface area contributed by atoms with Crippen molar-refractivity contribution in [3.63, 3.8) is 0 Å². The molecule has 0 N–H and O–H groups in total. The number of fused-ring (bicyclic) bond motifs is 1. The highest BCUT2D eigenvalue weighted by Gasteiger charge is 2.11. The van der Waals surface area contributed by atoms with Crippen molar-refractivity contribution in [2.24, 2.45) is 0 Å². The second-order valence-electron chi connectivity index (χ2n) is 5.59. The van der Waals surface area contributed by atoms with Crippen molar-refractivity contribution >= 4 is 40.1 Å². The summed E-state index contributed by atoms with van der Waals surface area (Å²) in [6.45, 7) is 1.43. The number of ether oxygens (including phenoxy) is 2. The van der Waals surface area contributed by atoms with Gasteiger partial charge in [-0.25, -0.2) is 9.59 Å². The molecule has 0 saturated heterocycles. The summed E-state index contributed by atoms with van der Waals surface area (Å²) < 4.78 is 15.7. The molecule has 7 heteroatoms. The number of hydrogen-bond acceptors (Lipinski definition) is 5. The maximum Gasteiger partial charge on any atom is 0.344 e. The van der Waals surface area contributed by atoms with Crippen molar-refractivity contribution in [2.45, 2.75) is 13.5 Å². The van der Waals surface area contributed by atoms with E-state index < -0.39 is 11.6 Å². The quantitative estimate of drug-likeness (QED) is 0.471. The van der Waals surface area contributed by atoms with Crippen LogP contribution in [0.5, 0.6) is 5.75 Å². The van der Waals surface area contributed by atoms with Gasteiger partial charge in [-0.15, -0.1) is 0 Å². The minimum Gasteiger partial charge on any atom is -0.482 e. The molecule has 1 aromatic heterocycles. The van der Waals surface area contributed by atoms with Gasteiger partial charge in [0.15, 0.2) is 6.61 Å². The molecule has 0 atom stereocenters. The van der Waals surface area contributed by atoms with E-state index in [0.717, 1.165) is 5.56 Å². The predicted molar refractivity (Wildman–Crippen MR) is 99.0 cm³/mol. The maximum atomic E-state index is 11.9. The van der Waals surface area contributed by atoms with Gasteiger partial charge in [-0.05, 0) is 42.8 Å². The van der Waals surface area contributed by atoms with Crippen LogP contribution in [-0.4, -0.2) is 12.6 Å². The Hall–Kier alpha value is -2.50. The van der Waals surface area contributed by atoms with E-state index in [1.807, 2.05) is 6.92 Å². The van der Waals surface area contributed by atoms with Gasteiger partial charge >= 0.3 is 11.6 Å². The summed E-state index contributed by atoms with van der Waals surface area (Å²) >= 11 is 12.0. The first-order chi connectivity index (χ1) is 12.4. The molecule has 0 spiro atoms. The molecule has 0 aliphatic rings. The van der Waals surface area contributed by atoms with Crippen molar-refractivity contribution in [3.05, 3.63) is 74.1 Å². The first-order valence-corrected chi connectivity index (χ1v) is 8.45. The van der Waals surface area contributed by atoms with Crippen LogP contribution in [0, 0.1) is 6.92 Å². The second kappa shape index (κ2) is 7.81. The molecule has 26 heavy (non-hydrogen) atoms. The maximum absolute atomic E-state index is 11.9. The van der Waals surface area contributed by atoms with Gasteiger partial charge in [0.05, 0.1) is 0 Å². The average molecular weight is 393 g/mol. The Labute approximate surface area is 159 Å². The molecule has 0 unspecified atom stereocenters. The van der Waals surface area contributed by atoms with Gasteiger partial charge in [0.1, 0.15) is 17.9 Å². The number of benzene rings is 2. The van der Waals surface area contributed by atoms with E-state index in [2.05, 4.69) is 0 Å². The lowest BCUT2D eigenvalue weighted by molar-refractivity contribution is -0.147. The van der Waals surface area contributed by atoms with E-state index in [1.54, 1.807) is 36.4 Å². The number of hydrogen-bond donors (Lipinski definition) is 0. The molecule has 134 valence electrons. The van der Waals surface area contributed by atoms with Gasteiger partial charge in [-0.2, -0.15) is 0 Å². The second-order valence-corrected chi connectivity index (χ2v) is 6.44. The molecule has 3 rings (SSSR count). The SMILES string of the molecule is Cc1cc2oc(=O)cc(COC(=O)COc3cccc(Cl)c3)c2cc1Cl. The van der Waals surface area contributed by atoms with Gasteiger partial charge in [-0.1, -0.05) is 29.3 Å². The molecule has 0 fully saturated rings. The normalized spacial score (nSPS) is 10.7. The van der Waals surface area contributed by atoms with Crippen LogP contribution in [0.3, 0.4) is 0 Å². The lowest BCUT2D eigenvalue weighted by Crippen LogP contribution is -2.15. The third-order valence-corrected chi connectivity index (χ3v) is 4.29. The summed E-state index contributed by atoms with van der Waals surface area (Å²) in [5.41, 5.74) is 1.15. The Morgan fingerprint density at radius 1 is 1.15 bits per heavy atom. The van der Waals surface area contributed by atoms with Crippen molar-refractivity contribution in [1.82, 2.24) is 0 Å². The van der Waals surface area contributed by atoms with Crippen molar-refractivity contribution in [1.29, 1.82) is 0 Å². The van der Waals surface area contributed by atoms with Crippen LogP contribution >= 0.6 is 23.2 Å². The fourth-order valence-electron chi connectivity index (χ4n) is 2.37. The molecule has 2 aromatic carbocycles. The van der Waals surface area contributed by atoms with Gasteiger partial charge in [-0.3, -0.25) is 0 Å². The number of carbonyl (C=O) groups excluding carboxylic acids is 1. The number of halogens is 2. The number of carbonyl (C=O) groups is 1. The standard InChI is InChI=1S/C19H14Cl2O5/c1-11-5-17-15(8-16(11)21)12(6-18(22)26-17)9-25-19(23)10-24-14-4-2-3-13(20)7-14/h2-8H,9-10H2,1H3. The Kier molecular flexibility index (Phi) is 5.49. The van der Waals surface area contributed by atoms with Crippen molar-refractivity contribution in [2.75, 3.05) is 6.61 Å². The first kappa shape index (κ1) is 18.3. The smallest absolute Gasteiger partial charge is 0.344 e. The van der Waals surface area contributed by atoms with Gasteiger partial charge in [0.25, 0.3) is 0 Å². The molecule has 0 saturated carbocycles. The summed E-state index contributed by atoms with van der Waals surface area (Å²) in [6, 6.07) is 11.3. The molecule has 0 aliphatic carbocycles. The molecule has 0 bridgehead atoms. The van der Waals surface area contributed by atoms with E-state index in [4.69, 9.17) is 37.1 Å². The topological polar surface area (TPSA) is 65.7 Å². The molecular weight excluding hydrogens is 379 g/mol. The van der Waals surface area contributed by atoms with E-state index in [-0.39, 0.29) is 13.2 Å². The molecule has 0 radical (unpaired) electrons. The Balaban J connectivity index is 1.70. The summed E-state index contributed by atoms with van der Waals surface area (Å²) in [6.07, 6.45) is 0. The molecule has 1 heterocycles. The van der Waals surface area contributed by atoms with Crippen LogP contribution in [0.15, 0.2) is 51.7 Å². The summed E-state index contributed by atoms with van der Waals surface area (Å²) in [5, 5.41) is 1.65. The third-order valence-electron chi connectivity index (χ3n) is 3.65. The van der Waals surface area contributed by atoms with E-state index in [1.165, 1.54) is 6.07 Å². The van der Waals surface area contributed by atoms with Crippen LogP contribution in [0.2, 0.25) is 10.0 Å². The third kappa shape index (κ3) is 4.36. The Morgan fingerprint density at radius 2 is 1.96 bits per heavy atom. The van der Waals surface area contributed by atoms with E-state index in [9.17, 15) is 9.59 Å². The average Bonchev–Trinajstić information content (AvgIpc) is 2.59. The molecule has 5 nitrogen and oxygen atoms in total. The van der Waals surface area contributed by atoms with Crippen LogP contribution in [-0.2, 0) is 16.1 Å². The van der Waals surface area contributed by atoms with Gasteiger partial charge in [0.2, 0.25) is 0 Å². The molecular formula is C19H14Cl2O5. The number of esters is 1. The lowest BCUT2D eigenvalue weighted by Gasteiger charge is -2.09. The molecule has 3 aromatic rings. The zero-order valence-corrected chi connectivity index (χ0v) is 15.3. The van der Waals surface area contributed by atoms with Gasteiger partial charge in [0, 0.05) is 27.1 Å². The fourth-order valence-corrected chi connectivity index (χ4v) is 2.71. The van der Waals surface area contributed by atoms with Crippen molar-refractivity contribution < 1.29 is 18.7 Å². The fraction of sp³-hybridized carbons (Fsp3) is 0.158. The predicted octanol–water partition coefficient (Wildman–Crippen LogP) is 4.53. The first-order valence-electron chi connectivity index (χ1n) is 7.69. The largest absolute Gasteiger partial charge is 0.482 e. The lowest BCUT2D eigenvalue weighted by atomic mass is 10.1. The van der Waals surface area contributed by atoms with Gasteiger partial charge < -0.3 is 13.9 Å². The zero-order chi connectivity index (χ0) is 18.7. The highest BCUT2D eigenvalue weighted by molar-refractivity contribution is 6.32. The van der Waals surface area contributed by atoms with Crippen LogP contribution in [0.1, 0.15) is 11.1 Å². The van der Waals surface area contributed by atoms with E-state index in [0.29, 0.717) is 32.3 Å². The van der Waals surface area contributed by atoms with E-state index >= 15 is 0 Å².